The Morgan fingerprint density at radius 3 is 2.65 bits per heavy atom. The summed E-state index contributed by atoms with van der Waals surface area (Å²) in [5, 5.41) is 13.3. The minimum absolute atomic E-state index is 0.537. The van der Waals surface area contributed by atoms with E-state index in [0.29, 0.717) is 6.54 Å². The van der Waals surface area contributed by atoms with E-state index in [1.165, 1.54) is 5.56 Å². The van der Waals surface area contributed by atoms with Gasteiger partial charge in [0.25, 0.3) is 0 Å². The van der Waals surface area contributed by atoms with E-state index in [1.54, 1.807) is 6.20 Å². The molecule has 1 heterocycles. The van der Waals surface area contributed by atoms with Crippen molar-refractivity contribution in [2.45, 2.75) is 31.3 Å². The van der Waals surface area contributed by atoms with Crippen LogP contribution in [0.4, 0.5) is 5.82 Å². The summed E-state index contributed by atoms with van der Waals surface area (Å²) in [6.45, 7) is 0.564. The van der Waals surface area contributed by atoms with Gasteiger partial charge in [-0.15, -0.1) is 0 Å². The van der Waals surface area contributed by atoms with Crippen LogP contribution in [0.3, 0.4) is 0 Å². The maximum Gasteiger partial charge on any atom is 0.135 e. The molecule has 2 N–H and O–H groups in total. The van der Waals surface area contributed by atoms with E-state index in [1.807, 2.05) is 24.3 Å². The van der Waals surface area contributed by atoms with Gasteiger partial charge in [-0.2, -0.15) is 0 Å². The quantitative estimate of drug-likeness (QED) is 0.875. The third-order valence-electron chi connectivity index (χ3n) is 3.79. The van der Waals surface area contributed by atoms with Gasteiger partial charge in [-0.25, -0.2) is 9.97 Å². The number of aromatic nitrogens is 2. The van der Waals surface area contributed by atoms with Crippen molar-refractivity contribution in [2.75, 3.05) is 11.9 Å². The van der Waals surface area contributed by atoms with Gasteiger partial charge in [0.05, 0.1) is 5.60 Å². The van der Waals surface area contributed by atoms with Gasteiger partial charge in [0.2, 0.25) is 0 Å². The van der Waals surface area contributed by atoms with Crippen molar-refractivity contribution in [2.24, 2.45) is 0 Å². The highest BCUT2D eigenvalue weighted by Crippen LogP contribution is 2.31. The lowest BCUT2D eigenvalue weighted by atomic mass is 9.80. The third kappa shape index (κ3) is 3.14. The highest BCUT2D eigenvalue weighted by Gasteiger charge is 2.33. The second-order valence-electron chi connectivity index (χ2n) is 5.45. The Bertz CT molecular complexity index is 567. The molecule has 1 fully saturated rings. The molecule has 3 rings (SSSR count). The van der Waals surface area contributed by atoms with E-state index in [4.69, 9.17) is 0 Å². The van der Waals surface area contributed by atoms with Gasteiger partial charge in [0, 0.05) is 19.2 Å². The molecule has 2 aromatic rings. The van der Waals surface area contributed by atoms with E-state index in [0.717, 1.165) is 37.3 Å². The summed E-state index contributed by atoms with van der Waals surface area (Å²) < 4.78 is 0. The fraction of sp³-hybridized carbons (Fsp3) is 0.375. The lowest BCUT2D eigenvalue weighted by Gasteiger charge is -2.36. The van der Waals surface area contributed by atoms with Gasteiger partial charge in [0.1, 0.15) is 11.6 Å². The Kier molecular flexibility index (Phi) is 3.65. The van der Waals surface area contributed by atoms with Gasteiger partial charge in [-0.1, -0.05) is 30.3 Å². The van der Waals surface area contributed by atoms with Crippen LogP contribution >= 0.6 is 0 Å². The van der Waals surface area contributed by atoms with Crippen molar-refractivity contribution in [1.29, 1.82) is 0 Å². The molecule has 4 heteroatoms. The molecular formula is C16H19N3O. The Morgan fingerprint density at radius 1 is 1.15 bits per heavy atom. The van der Waals surface area contributed by atoms with Crippen molar-refractivity contribution < 1.29 is 5.11 Å². The minimum atomic E-state index is -0.537. The Hall–Kier alpha value is -1.94. The first-order valence-electron chi connectivity index (χ1n) is 7.06. The zero-order valence-corrected chi connectivity index (χ0v) is 11.4. The van der Waals surface area contributed by atoms with E-state index >= 15 is 0 Å². The molecule has 0 aliphatic heterocycles. The number of aliphatic hydroxyl groups is 1. The molecule has 1 aromatic heterocycles. The number of hydrogen-bond acceptors (Lipinski definition) is 4. The van der Waals surface area contributed by atoms with Crippen LogP contribution in [0.25, 0.3) is 0 Å². The molecule has 0 saturated heterocycles. The van der Waals surface area contributed by atoms with Crippen molar-refractivity contribution >= 4 is 5.82 Å². The maximum absolute atomic E-state index is 10.1. The maximum atomic E-state index is 10.1. The SMILES string of the molecule is OC1(CNc2ccnc(Cc3ccccc3)n2)CCC1. The molecule has 1 aliphatic rings. The first-order chi connectivity index (χ1) is 9.73. The first-order valence-corrected chi connectivity index (χ1v) is 7.06. The highest BCUT2D eigenvalue weighted by atomic mass is 16.3. The van der Waals surface area contributed by atoms with Crippen LogP contribution in [0.5, 0.6) is 0 Å². The number of nitrogens with zero attached hydrogens (tertiary/aromatic N) is 2. The average molecular weight is 269 g/mol. The summed E-state index contributed by atoms with van der Waals surface area (Å²) >= 11 is 0. The van der Waals surface area contributed by atoms with E-state index in [-0.39, 0.29) is 0 Å². The molecule has 104 valence electrons. The standard InChI is InChI=1S/C16H19N3O/c20-16(8-4-9-16)12-18-14-7-10-17-15(19-14)11-13-5-2-1-3-6-13/h1-3,5-7,10,20H,4,8-9,11-12H2,(H,17,18,19). The molecule has 0 spiro atoms. The Morgan fingerprint density at radius 2 is 1.95 bits per heavy atom. The van der Waals surface area contributed by atoms with Crippen molar-refractivity contribution in [3.8, 4) is 0 Å². The molecular weight excluding hydrogens is 250 g/mol. The van der Waals surface area contributed by atoms with Gasteiger partial charge in [-0.05, 0) is 30.9 Å². The van der Waals surface area contributed by atoms with Crippen LogP contribution < -0.4 is 5.32 Å². The van der Waals surface area contributed by atoms with Crippen LogP contribution in [0, 0.1) is 0 Å². The molecule has 20 heavy (non-hydrogen) atoms. The Balaban J connectivity index is 1.63. The first kappa shape index (κ1) is 13.1. The predicted octanol–water partition coefficient (Wildman–Crippen LogP) is 2.39. The van der Waals surface area contributed by atoms with Gasteiger partial charge in [0.15, 0.2) is 0 Å². The van der Waals surface area contributed by atoms with Crippen LogP contribution in [-0.2, 0) is 6.42 Å². The topological polar surface area (TPSA) is 58.0 Å². The lowest BCUT2D eigenvalue weighted by molar-refractivity contribution is -0.0202. The molecule has 4 nitrogen and oxygen atoms in total. The monoisotopic (exact) mass is 269 g/mol. The number of anilines is 1. The van der Waals surface area contributed by atoms with Crippen LogP contribution in [0.15, 0.2) is 42.6 Å². The van der Waals surface area contributed by atoms with Crippen LogP contribution in [0.2, 0.25) is 0 Å². The summed E-state index contributed by atoms with van der Waals surface area (Å²) in [6, 6.07) is 12.0. The fourth-order valence-electron chi connectivity index (χ4n) is 2.38. The summed E-state index contributed by atoms with van der Waals surface area (Å²) in [6.07, 6.45) is 5.35. The van der Waals surface area contributed by atoms with Crippen LogP contribution in [0.1, 0.15) is 30.7 Å². The highest BCUT2D eigenvalue weighted by molar-refractivity contribution is 5.34. The minimum Gasteiger partial charge on any atom is -0.388 e. The summed E-state index contributed by atoms with van der Waals surface area (Å²) in [4.78, 5) is 8.80. The van der Waals surface area contributed by atoms with Crippen molar-refractivity contribution in [1.82, 2.24) is 9.97 Å². The zero-order chi connectivity index (χ0) is 13.8. The smallest absolute Gasteiger partial charge is 0.135 e. The van der Waals surface area contributed by atoms with Crippen molar-refractivity contribution in [3.05, 3.63) is 54.0 Å². The number of hydrogen-bond donors (Lipinski definition) is 2. The second kappa shape index (κ2) is 5.59. The van der Waals surface area contributed by atoms with Crippen LogP contribution in [-0.4, -0.2) is 27.2 Å². The summed E-state index contributed by atoms with van der Waals surface area (Å²) in [5.41, 5.74) is 0.659. The molecule has 0 radical (unpaired) electrons. The van der Waals surface area contributed by atoms with Gasteiger partial charge in [-0.3, -0.25) is 0 Å². The molecule has 0 bridgehead atoms. The lowest BCUT2D eigenvalue weighted by Crippen LogP contribution is -2.43. The average Bonchev–Trinajstić information content (AvgIpc) is 2.45. The van der Waals surface area contributed by atoms with Gasteiger partial charge < -0.3 is 10.4 Å². The van der Waals surface area contributed by atoms with Crippen molar-refractivity contribution in [3.63, 3.8) is 0 Å². The molecule has 1 saturated carbocycles. The second-order valence-corrected chi connectivity index (χ2v) is 5.45. The fourth-order valence-corrected chi connectivity index (χ4v) is 2.38. The number of benzene rings is 1. The van der Waals surface area contributed by atoms with Gasteiger partial charge >= 0.3 is 0 Å². The largest absolute Gasteiger partial charge is 0.388 e. The summed E-state index contributed by atoms with van der Waals surface area (Å²) in [5.74, 6) is 1.58. The zero-order valence-electron chi connectivity index (χ0n) is 11.4. The van der Waals surface area contributed by atoms with E-state index < -0.39 is 5.60 Å². The molecule has 0 amide bonds. The molecule has 1 aliphatic carbocycles. The third-order valence-corrected chi connectivity index (χ3v) is 3.79. The molecule has 0 atom stereocenters. The molecule has 0 unspecified atom stereocenters. The summed E-state index contributed by atoms with van der Waals surface area (Å²) in [7, 11) is 0. The number of rotatable bonds is 5. The Labute approximate surface area is 118 Å². The normalized spacial score (nSPS) is 16.4. The van der Waals surface area contributed by atoms with E-state index in [2.05, 4.69) is 27.4 Å². The predicted molar refractivity (Wildman–Crippen MR) is 78.6 cm³/mol. The van der Waals surface area contributed by atoms with E-state index in [9.17, 15) is 5.11 Å². The molecule has 1 aromatic carbocycles. The number of nitrogens with one attached hydrogen (secondary N) is 1.